The second-order valence-electron chi connectivity index (χ2n) is 4.41. The van der Waals surface area contributed by atoms with Crippen LogP contribution in [0.2, 0.25) is 5.02 Å². The second-order valence-corrected chi connectivity index (χ2v) is 6.97. The number of carbonyl (C=O) groups excluding carboxylic acids is 1. The minimum atomic E-state index is -3.58. The Labute approximate surface area is 125 Å². The van der Waals surface area contributed by atoms with Crippen molar-refractivity contribution in [1.29, 1.82) is 0 Å². The molecule has 5 nitrogen and oxygen atoms in total. The van der Waals surface area contributed by atoms with Crippen LogP contribution in [0.4, 0.5) is 0 Å². The van der Waals surface area contributed by atoms with Gasteiger partial charge in [-0.05, 0) is 32.0 Å². The summed E-state index contributed by atoms with van der Waals surface area (Å²) in [5.41, 5.74) is 0.207. The zero-order chi connectivity index (χ0) is 15.5. The zero-order valence-electron chi connectivity index (χ0n) is 12.1. The summed E-state index contributed by atoms with van der Waals surface area (Å²) >= 11 is 6.02. The maximum Gasteiger partial charge on any atom is 0.255 e. The van der Waals surface area contributed by atoms with E-state index in [1.54, 1.807) is 4.90 Å². The summed E-state index contributed by atoms with van der Waals surface area (Å²) in [6, 6.07) is 4.17. The molecule has 0 atom stereocenters. The molecule has 0 saturated heterocycles. The molecule has 1 aromatic carbocycles. The predicted octanol–water partition coefficient (Wildman–Crippen LogP) is 2.07. The van der Waals surface area contributed by atoms with E-state index in [0.29, 0.717) is 13.1 Å². The van der Waals surface area contributed by atoms with Gasteiger partial charge in [-0.3, -0.25) is 4.79 Å². The Balaban J connectivity index is 3.33. The van der Waals surface area contributed by atoms with Crippen LogP contribution in [-0.2, 0) is 10.0 Å². The maximum atomic E-state index is 12.3. The zero-order valence-corrected chi connectivity index (χ0v) is 13.6. The number of carbonyl (C=O) groups is 1. The largest absolute Gasteiger partial charge is 0.339 e. The van der Waals surface area contributed by atoms with Crippen molar-refractivity contribution in [2.45, 2.75) is 18.7 Å². The number of benzene rings is 1. The molecule has 0 aliphatic rings. The van der Waals surface area contributed by atoms with E-state index in [4.69, 9.17) is 11.6 Å². The Morgan fingerprint density at radius 1 is 1.20 bits per heavy atom. The van der Waals surface area contributed by atoms with Gasteiger partial charge < -0.3 is 4.90 Å². The van der Waals surface area contributed by atoms with Crippen molar-refractivity contribution in [1.82, 2.24) is 9.21 Å². The van der Waals surface area contributed by atoms with E-state index in [2.05, 4.69) is 0 Å². The molecule has 0 bridgehead atoms. The molecule has 0 fully saturated rings. The molecule has 0 N–H and O–H groups in total. The number of amides is 1. The van der Waals surface area contributed by atoms with Crippen molar-refractivity contribution in [2.24, 2.45) is 0 Å². The summed E-state index contributed by atoms with van der Waals surface area (Å²) in [5, 5.41) is 0.250. The molecule has 0 saturated carbocycles. The Bertz CT molecular complexity index is 596. The number of halogens is 1. The Morgan fingerprint density at radius 3 is 2.20 bits per heavy atom. The van der Waals surface area contributed by atoms with Crippen LogP contribution in [0.15, 0.2) is 23.1 Å². The third kappa shape index (κ3) is 3.31. The molecule has 1 rings (SSSR count). The molecule has 112 valence electrons. The van der Waals surface area contributed by atoms with E-state index in [-0.39, 0.29) is 21.4 Å². The molecule has 20 heavy (non-hydrogen) atoms. The van der Waals surface area contributed by atoms with Gasteiger partial charge in [-0.25, -0.2) is 12.7 Å². The average molecular weight is 319 g/mol. The van der Waals surface area contributed by atoms with Crippen LogP contribution in [0.1, 0.15) is 24.2 Å². The molecular formula is C13H19ClN2O3S. The van der Waals surface area contributed by atoms with Gasteiger partial charge in [0.2, 0.25) is 10.0 Å². The molecule has 0 aliphatic carbocycles. The smallest absolute Gasteiger partial charge is 0.255 e. The van der Waals surface area contributed by atoms with Gasteiger partial charge >= 0.3 is 0 Å². The maximum absolute atomic E-state index is 12.3. The minimum Gasteiger partial charge on any atom is -0.339 e. The van der Waals surface area contributed by atoms with E-state index in [1.807, 2.05) is 13.8 Å². The highest BCUT2D eigenvalue weighted by Crippen LogP contribution is 2.23. The molecule has 0 radical (unpaired) electrons. The van der Waals surface area contributed by atoms with Crippen LogP contribution in [0.5, 0.6) is 0 Å². The number of rotatable bonds is 5. The van der Waals surface area contributed by atoms with Gasteiger partial charge in [-0.1, -0.05) is 11.6 Å². The molecule has 0 heterocycles. The van der Waals surface area contributed by atoms with Crippen molar-refractivity contribution in [3.05, 3.63) is 28.8 Å². The van der Waals surface area contributed by atoms with Gasteiger partial charge in [0.1, 0.15) is 0 Å². The Kier molecular flexibility index (Phi) is 5.56. The lowest BCUT2D eigenvalue weighted by molar-refractivity contribution is 0.0773. The van der Waals surface area contributed by atoms with E-state index < -0.39 is 10.0 Å². The normalized spacial score (nSPS) is 11.7. The first-order valence-corrected chi connectivity index (χ1v) is 8.08. The lowest BCUT2D eigenvalue weighted by atomic mass is 10.2. The highest BCUT2D eigenvalue weighted by molar-refractivity contribution is 7.89. The van der Waals surface area contributed by atoms with Gasteiger partial charge in [-0.15, -0.1) is 0 Å². The highest BCUT2D eigenvalue weighted by atomic mass is 35.5. The van der Waals surface area contributed by atoms with Gasteiger partial charge in [0, 0.05) is 27.2 Å². The molecule has 7 heteroatoms. The van der Waals surface area contributed by atoms with Crippen molar-refractivity contribution >= 4 is 27.5 Å². The Hall–Kier alpha value is -1.11. The first kappa shape index (κ1) is 16.9. The quantitative estimate of drug-likeness (QED) is 0.835. The number of hydrogen-bond acceptors (Lipinski definition) is 3. The number of sulfonamides is 1. The second kappa shape index (κ2) is 6.56. The summed E-state index contributed by atoms with van der Waals surface area (Å²) in [4.78, 5) is 14.0. The average Bonchev–Trinajstić information content (AvgIpc) is 2.39. The van der Waals surface area contributed by atoms with Gasteiger partial charge in [0.05, 0.1) is 15.5 Å². The fourth-order valence-corrected chi connectivity index (χ4v) is 2.85. The fourth-order valence-electron chi connectivity index (χ4n) is 1.72. The lowest BCUT2D eigenvalue weighted by Gasteiger charge is -2.20. The molecule has 0 unspecified atom stereocenters. The van der Waals surface area contributed by atoms with Crippen molar-refractivity contribution in [3.63, 3.8) is 0 Å². The Morgan fingerprint density at radius 2 is 1.75 bits per heavy atom. The third-order valence-corrected chi connectivity index (χ3v) is 5.14. The van der Waals surface area contributed by atoms with E-state index in [1.165, 1.54) is 32.3 Å². The third-order valence-electron chi connectivity index (χ3n) is 3.00. The van der Waals surface area contributed by atoms with Crippen LogP contribution in [0.3, 0.4) is 0 Å². The topological polar surface area (TPSA) is 57.7 Å². The predicted molar refractivity (Wildman–Crippen MR) is 79.6 cm³/mol. The summed E-state index contributed by atoms with van der Waals surface area (Å²) in [5.74, 6) is -0.268. The van der Waals surface area contributed by atoms with Gasteiger partial charge in [0.15, 0.2) is 0 Å². The molecule has 0 aromatic heterocycles. The summed E-state index contributed by atoms with van der Waals surface area (Å²) < 4.78 is 25.3. The summed E-state index contributed by atoms with van der Waals surface area (Å²) in [6.45, 7) is 4.79. The fraction of sp³-hybridized carbons (Fsp3) is 0.462. The monoisotopic (exact) mass is 318 g/mol. The highest BCUT2D eigenvalue weighted by Gasteiger charge is 2.22. The van der Waals surface area contributed by atoms with Crippen LogP contribution in [-0.4, -0.2) is 50.7 Å². The van der Waals surface area contributed by atoms with Gasteiger partial charge in [0.25, 0.3) is 5.91 Å². The molecule has 0 aliphatic heterocycles. The van der Waals surface area contributed by atoms with Crippen molar-refractivity contribution < 1.29 is 13.2 Å². The minimum absolute atomic E-state index is 0.0578. The van der Waals surface area contributed by atoms with E-state index in [9.17, 15) is 13.2 Å². The SMILES string of the molecule is CCN(CC)C(=O)c1cc(S(=O)(=O)N(C)C)ccc1Cl. The standard InChI is InChI=1S/C13H19ClN2O3S/c1-5-16(6-2)13(17)11-9-10(7-8-12(11)14)20(18,19)15(3)4/h7-9H,5-6H2,1-4H3. The van der Waals surface area contributed by atoms with E-state index >= 15 is 0 Å². The van der Waals surface area contributed by atoms with Crippen molar-refractivity contribution in [3.8, 4) is 0 Å². The molecular weight excluding hydrogens is 300 g/mol. The van der Waals surface area contributed by atoms with Crippen LogP contribution in [0, 0.1) is 0 Å². The summed E-state index contributed by atoms with van der Waals surface area (Å²) in [6.07, 6.45) is 0. The van der Waals surface area contributed by atoms with Crippen LogP contribution < -0.4 is 0 Å². The molecule has 1 aromatic rings. The number of nitrogens with zero attached hydrogens (tertiary/aromatic N) is 2. The van der Waals surface area contributed by atoms with E-state index in [0.717, 1.165) is 4.31 Å². The molecule has 0 spiro atoms. The lowest BCUT2D eigenvalue weighted by Crippen LogP contribution is -2.31. The first-order chi connectivity index (χ1) is 9.25. The van der Waals surface area contributed by atoms with Crippen LogP contribution >= 0.6 is 11.6 Å². The van der Waals surface area contributed by atoms with Crippen LogP contribution in [0.25, 0.3) is 0 Å². The first-order valence-electron chi connectivity index (χ1n) is 6.27. The van der Waals surface area contributed by atoms with Gasteiger partial charge in [-0.2, -0.15) is 0 Å². The number of hydrogen-bond donors (Lipinski definition) is 0. The summed E-state index contributed by atoms with van der Waals surface area (Å²) in [7, 11) is -0.704. The molecule has 1 amide bonds. The van der Waals surface area contributed by atoms with Crippen molar-refractivity contribution in [2.75, 3.05) is 27.2 Å².